The summed E-state index contributed by atoms with van der Waals surface area (Å²) in [6, 6.07) is 0. The Kier molecular flexibility index (Phi) is 35.6. The maximum absolute atomic E-state index is 12.8. The molecule has 0 spiro atoms. The second-order valence-electron chi connectivity index (χ2n) is 15.7. The molecule has 1 saturated heterocycles. The van der Waals surface area contributed by atoms with Crippen LogP contribution in [0.25, 0.3) is 0 Å². The summed E-state index contributed by atoms with van der Waals surface area (Å²) in [6.07, 6.45) is 43.1. The monoisotopic (exact) mass is 905 g/mol. The Morgan fingerprint density at radius 1 is 0.556 bits per heavy atom. The van der Waals surface area contributed by atoms with Gasteiger partial charge in [0.2, 0.25) is 0 Å². The molecule has 0 aromatic heterocycles. The van der Waals surface area contributed by atoms with E-state index in [1.54, 1.807) is 0 Å². The van der Waals surface area contributed by atoms with Crippen molar-refractivity contribution in [3.63, 3.8) is 0 Å². The Hall–Kier alpha value is -3.43. The van der Waals surface area contributed by atoms with Crippen LogP contribution in [0.4, 0.5) is 0 Å². The van der Waals surface area contributed by atoms with Crippen LogP contribution in [0.5, 0.6) is 0 Å². The molecule has 1 heterocycles. The van der Waals surface area contributed by atoms with E-state index in [9.17, 15) is 37.9 Å². The number of aliphatic hydroxyl groups excluding tert-OH is 3. The van der Waals surface area contributed by atoms with Crippen LogP contribution in [0.3, 0.4) is 0 Å². The number of carbonyl (C=O) groups excluding carboxylic acids is 2. The summed E-state index contributed by atoms with van der Waals surface area (Å²) in [5, 5.41) is 30.9. The normalized spacial score (nSPS) is 20.6. The highest BCUT2D eigenvalue weighted by molar-refractivity contribution is 7.85. The fourth-order valence-corrected chi connectivity index (χ4v) is 7.13. The molecule has 0 bridgehead atoms. The van der Waals surface area contributed by atoms with Crippen LogP contribution in [0.1, 0.15) is 149 Å². The number of ether oxygens (including phenoxy) is 4. The standard InChI is InChI=1S/C50H80O12S/c1-3-5-7-9-11-13-15-17-18-19-20-21-22-23-24-25-27-28-30-32-34-36-38-45(51)59-40-43(41-60-50-49(55)48(54)47(53)44(62-50)42-63(56,57)58)61-46(52)39-37-35-33-31-29-26-16-14-12-10-8-6-4-2/h5-8,10-14,16-18,20-21,26,29,43-44,47-50,53-55H,3-4,9,15,19,22-25,27-28,30-42H2,1-2H3,(H,56,57,58)/b7-5+,8-6+,12-10+,13-11+,16-14+,18-17+,21-20+,29-26+/t43?,44-,47-,48?,49?,50+/m1/s1. The number of rotatable bonds is 37. The van der Waals surface area contributed by atoms with E-state index in [0.717, 1.165) is 83.5 Å². The minimum atomic E-state index is -4.61. The Morgan fingerprint density at radius 3 is 1.62 bits per heavy atom. The number of esters is 2. The molecule has 358 valence electrons. The molecule has 0 aromatic carbocycles. The van der Waals surface area contributed by atoms with E-state index in [1.165, 1.54) is 25.7 Å². The first-order valence-corrected chi connectivity index (χ1v) is 25.0. The van der Waals surface area contributed by atoms with Crippen molar-refractivity contribution < 1.29 is 56.8 Å². The van der Waals surface area contributed by atoms with Crippen LogP contribution in [0, 0.1) is 0 Å². The van der Waals surface area contributed by atoms with Gasteiger partial charge in [0, 0.05) is 12.8 Å². The van der Waals surface area contributed by atoms with Crippen LogP contribution in [0.15, 0.2) is 97.2 Å². The van der Waals surface area contributed by atoms with Gasteiger partial charge in [0.25, 0.3) is 10.1 Å². The molecule has 0 saturated carbocycles. The number of carbonyl (C=O) groups is 2. The molecule has 0 radical (unpaired) electrons. The smallest absolute Gasteiger partial charge is 0.306 e. The van der Waals surface area contributed by atoms with Gasteiger partial charge in [-0.1, -0.05) is 162 Å². The lowest BCUT2D eigenvalue weighted by molar-refractivity contribution is -0.297. The van der Waals surface area contributed by atoms with Gasteiger partial charge in [0.15, 0.2) is 12.4 Å². The first-order valence-electron chi connectivity index (χ1n) is 23.3. The topological polar surface area (TPSA) is 186 Å². The highest BCUT2D eigenvalue weighted by Crippen LogP contribution is 2.24. The Labute approximate surface area is 379 Å². The molecule has 1 aliphatic heterocycles. The number of allylic oxidation sites excluding steroid dienone is 16. The maximum Gasteiger partial charge on any atom is 0.306 e. The van der Waals surface area contributed by atoms with Gasteiger partial charge < -0.3 is 34.3 Å². The van der Waals surface area contributed by atoms with Gasteiger partial charge in [0.05, 0.1) is 6.61 Å². The van der Waals surface area contributed by atoms with E-state index < -0.39 is 71.2 Å². The van der Waals surface area contributed by atoms with Crippen LogP contribution < -0.4 is 0 Å². The van der Waals surface area contributed by atoms with Crippen molar-refractivity contribution in [1.29, 1.82) is 0 Å². The largest absolute Gasteiger partial charge is 0.462 e. The summed E-state index contributed by atoms with van der Waals surface area (Å²) in [5.41, 5.74) is 0. The van der Waals surface area contributed by atoms with Gasteiger partial charge in [0.1, 0.15) is 36.8 Å². The molecule has 63 heavy (non-hydrogen) atoms. The third-order valence-corrected chi connectivity index (χ3v) is 10.8. The number of aliphatic hydroxyl groups is 3. The summed E-state index contributed by atoms with van der Waals surface area (Å²) in [6.45, 7) is 3.45. The Bertz CT molecular complexity index is 1530. The molecule has 4 N–H and O–H groups in total. The van der Waals surface area contributed by atoms with E-state index in [1.807, 2.05) is 36.5 Å². The SMILES string of the molecule is CC/C=C/C=C/C=C/C=C/CCCCCC(=O)OC(COC(=O)CCCCCCCCCCC/C=C/C/C=C/C/C=C/C/C=C/CC)CO[C@H]1O[C@H](CS(=O)(=O)O)[C@@H](O)C(O)C1O. The Balaban J connectivity index is 2.41. The van der Waals surface area contributed by atoms with Crippen molar-refractivity contribution in [2.75, 3.05) is 19.0 Å². The van der Waals surface area contributed by atoms with Crippen LogP contribution in [-0.4, -0.2) is 96.0 Å². The lowest BCUT2D eigenvalue weighted by Crippen LogP contribution is -2.60. The van der Waals surface area contributed by atoms with Crippen LogP contribution >= 0.6 is 0 Å². The van der Waals surface area contributed by atoms with E-state index in [-0.39, 0.29) is 19.4 Å². The molecule has 1 rings (SSSR count). The van der Waals surface area contributed by atoms with Crippen LogP contribution in [-0.2, 0) is 38.7 Å². The molecule has 1 aliphatic rings. The average Bonchev–Trinajstić information content (AvgIpc) is 3.25. The first-order chi connectivity index (χ1) is 30.5. The van der Waals surface area contributed by atoms with Gasteiger partial charge in [-0.15, -0.1) is 0 Å². The molecule has 1 fully saturated rings. The molecule has 3 unspecified atom stereocenters. The average molecular weight is 905 g/mol. The molecule has 0 amide bonds. The van der Waals surface area contributed by atoms with Crippen LogP contribution in [0.2, 0.25) is 0 Å². The predicted molar refractivity (Wildman–Crippen MR) is 251 cm³/mol. The summed E-state index contributed by atoms with van der Waals surface area (Å²) in [4.78, 5) is 25.4. The highest BCUT2D eigenvalue weighted by Gasteiger charge is 2.46. The second kappa shape index (κ2) is 39.0. The molecular weight excluding hydrogens is 825 g/mol. The zero-order valence-electron chi connectivity index (χ0n) is 38.1. The molecule has 0 aliphatic carbocycles. The van der Waals surface area contributed by atoms with Crippen molar-refractivity contribution in [1.82, 2.24) is 0 Å². The van der Waals surface area contributed by atoms with E-state index >= 15 is 0 Å². The van der Waals surface area contributed by atoms with E-state index in [0.29, 0.717) is 12.8 Å². The van der Waals surface area contributed by atoms with Gasteiger partial charge in [-0.2, -0.15) is 8.42 Å². The van der Waals surface area contributed by atoms with Crippen molar-refractivity contribution >= 4 is 22.1 Å². The van der Waals surface area contributed by atoms with Crippen molar-refractivity contribution in [3.8, 4) is 0 Å². The van der Waals surface area contributed by atoms with E-state index in [4.69, 9.17) is 18.9 Å². The summed E-state index contributed by atoms with van der Waals surface area (Å²) >= 11 is 0. The van der Waals surface area contributed by atoms with Crippen molar-refractivity contribution in [2.45, 2.75) is 185 Å². The number of hydrogen-bond acceptors (Lipinski definition) is 11. The van der Waals surface area contributed by atoms with Gasteiger partial charge in [-0.3, -0.25) is 14.1 Å². The molecule has 6 atom stereocenters. The fraction of sp³-hybridized carbons (Fsp3) is 0.640. The van der Waals surface area contributed by atoms with E-state index in [2.05, 4.69) is 74.6 Å². The first kappa shape index (κ1) is 57.6. The highest BCUT2D eigenvalue weighted by atomic mass is 32.2. The lowest BCUT2D eigenvalue weighted by atomic mass is 10.00. The predicted octanol–water partition coefficient (Wildman–Crippen LogP) is 9.83. The minimum absolute atomic E-state index is 0.111. The summed E-state index contributed by atoms with van der Waals surface area (Å²) in [7, 11) is -4.61. The lowest BCUT2D eigenvalue weighted by Gasteiger charge is -2.40. The minimum Gasteiger partial charge on any atom is -0.462 e. The zero-order valence-corrected chi connectivity index (χ0v) is 39.0. The number of unbranched alkanes of at least 4 members (excludes halogenated alkanes) is 12. The van der Waals surface area contributed by atoms with Gasteiger partial charge in [-0.05, 0) is 70.6 Å². The van der Waals surface area contributed by atoms with Crippen molar-refractivity contribution in [2.24, 2.45) is 0 Å². The summed E-state index contributed by atoms with van der Waals surface area (Å²) < 4.78 is 54.0. The van der Waals surface area contributed by atoms with Gasteiger partial charge >= 0.3 is 11.9 Å². The summed E-state index contributed by atoms with van der Waals surface area (Å²) in [5.74, 6) is -2.06. The van der Waals surface area contributed by atoms with Gasteiger partial charge in [-0.25, -0.2) is 0 Å². The zero-order chi connectivity index (χ0) is 46.2. The molecule has 0 aromatic rings. The second-order valence-corrected chi connectivity index (χ2v) is 17.2. The number of hydrogen-bond donors (Lipinski definition) is 4. The molecule has 12 nitrogen and oxygen atoms in total. The Morgan fingerprint density at radius 2 is 1.03 bits per heavy atom. The third-order valence-electron chi connectivity index (χ3n) is 10.0. The molecular formula is C50H80O12S. The third kappa shape index (κ3) is 33.7. The van der Waals surface area contributed by atoms with Crippen molar-refractivity contribution in [3.05, 3.63) is 97.2 Å². The quantitative estimate of drug-likeness (QED) is 0.0152. The fourth-order valence-electron chi connectivity index (χ4n) is 6.44. The maximum atomic E-state index is 12.8. The molecule has 13 heteroatoms.